The molecule has 2 atom stereocenters. The molecule has 0 radical (unpaired) electrons. The van der Waals surface area contributed by atoms with Crippen LogP contribution in [-0.4, -0.2) is 56.8 Å². The number of hydrogen-bond donors (Lipinski definition) is 1. The van der Waals surface area contributed by atoms with Crippen LogP contribution in [0.1, 0.15) is 124 Å². The monoisotopic (exact) mass is 948 g/mol. The summed E-state index contributed by atoms with van der Waals surface area (Å²) in [6.07, 6.45) is 3.59. The summed E-state index contributed by atoms with van der Waals surface area (Å²) in [7, 11) is 0. The number of oxazole rings is 2. The summed E-state index contributed by atoms with van der Waals surface area (Å²) in [6, 6.07) is 26.5. The number of nitrogens with zero attached hydrogens (tertiary/aromatic N) is 4. The zero-order valence-electron chi connectivity index (χ0n) is 41.3. The minimum Gasteiger partial charge on any atom is -0.481 e. The first-order chi connectivity index (χ1) is 33.1. The quantitative estimate of drug-likeness (QED) is 0.101. The van der Waals surface area contributed by atoms with Crippen LogP contribution in [0.4, 0.5) is 11.4 Å². The van der Waals surface area contributed by atoms with E-state index in [1.165, 1.54) is 5.56 Å². The van der Waals surface area contributed by atoms with Crippen molar-refractivity contribution in [2.45, 2.75) is 129 Å². The van der Waals surface area contributed by atoms with Crippen molar-refractivity contribution in [3.05, 3.63) is 117 Å². The molecule has 1 N–H and O–H groups in total. The topological polar surface area (TPSA) is 183 Å². The van der Waals surface area contributed by atoms with Crippen molar-refractivity contribution in [2.75, 3.05) is 22.9 Å². The number of rotatable bonds is 10. The third-order valence-corrected chi connectivity index (χ3v) is 13.5. The number of carbonyl (C=O) groups is 2. The average molecular weight is 949 g/mol. The summed E-state index contributed by atoms with van der Waals surface area (Å²) >= 11 is 0. The SMILES string of the molecule is CC1CC(C)(C)N(CCCC(=O)O)c2cc3oc(=O)c(-c4nc5ccccc5o4)cc3cc21.CC1CC(C)(C)N(CCCC(=O)OC(C)(C)C)c2cc3oc(=O)c(-c4nc5ccccc5o4)cc3cc21. The van der Waals surface area contributed by atoms with Crippen LogP contribution in [0.25, 0.3) is 67.0 Å². The predicted molar refractivity (Wildman–Crippen MR) is 272 cm³/mol. The van der Waals surface area contributed by atoms with E-state index < -0.39 is 22.8 Å². The molecule has 0 spiro atoms. The van der Waals surface area contributed by atoms with Crippen LogP contribution in [-0.2, 0) is 14.3 Å². The number of carboxylic acids is 1. The minimum atomic E-state index is -0.797. The van der Waals surface area contributed by atoms with Gasteiger partial charge in [0.15, 0.2) is 11.2 Å². The molecule has 4 aromatic heterocycles. The van der Waals surface area contributed by atoms with Crippen LogP contribution in [0.3, 0.4) is 0 Å². The maximum atomic E-state index is 13.0. The Bertz CT molecular complexity index is 3360. The van der Waals surface area contributed by atoms with Crippen LogP contribution >= 0.6 is 0 Å². The van der Waals surface area contributed by atoms with E-state index in [1.54, 1.807) is 6.07 Å². The van der Waals surface area contributed by atoms with Gasteiger partial charge in [0, 0.05) is 71.3 Å². The molecule has 364 valence electrons. The standard InChI is InChI=1S/C30H34N2O5.C26H26N2O5/c1-18-17-30(5,6)32(13-9-12-26(33)37-29(2,3)4)23-16-25-19(14-20(18)23)15-21(28(34)36-25)27-31-22-10-7-8-11-24(22)35-27;1-15-14-26(2,3)28(10-6-9-23(29)30)20-13-22-16(11-17(15)20)12-18(25(31)33-22)24-27-19-7-4-5-8-21(19)32-24/h7-8,10-11,14-16,18H,9,12-13,17H2,1-6H3;4-5,7-8,11-13,15H,6,9-10,14H2,1-3H3,(H,29,30). The second-order valence-electron chi connectivity index (χ2n) is 21.1. The molecule has 0 saturated carbocycles. The second-order valence-corrected chi connectivity index (χ2v) is 21.1. The molecule has 2 aliphatic heterocycles. The number of aliphatic carboxylic acids is 1. The molecule has 4 aromatic carbocycles. The number of ether oxygens (including phenoxy) is 1. The molecular formula is C56H60N4O10. The lowest BCUT2D eigenvalue weighted by molar-refractivity contribution is -0.154. The number of aromatic nitrogens is 2. The Hall–Kier alpha value is -7.22. The van der Waals surface area contributed by atoms with Crippen LogP contribution < -0.4 is 21.1 Å². The van der Waals surface area contributed by atoms with Crippen LogP contribution in [0.15, 0.2) is 112 Å². The highest BCUT2D eigenvalue weighted by Gasteiger charge is 2.38. The van der Waals surface area contributed by atoms with Gasteiger partial charge in [-0.25, -0.2) is 19.6 Å². The van der Waals surface area contributed by atoms with Gasteiger partial charge in [0.1, 0.15) is 38.9 Å². The van der Waals surface area contributed by atoms with Crippen molar-refractivity contribution in [1.82, 2.24) is 9.97 Å². The van der Waals surface area contributed by atoms with E-state index in [9.17, 15) is 19.2 Å². The first-order valence-corrected chi connectivity index (χ1v) is 24.1. The molecule has 70 heavy (non-hydrogen) atoms. The molecule has 0 amide bonds. The normalized spacial score (nSPS) is 17.3. The Kier molecular flexibility index (Phi) is 12.5. The molecule has 14 heteroatoms. The molecule has 8 aromatic rings. The van der Waals surface area contributed by atoms with Gasteiger partial charge in [-0.2, -0.15) is 0 Å². The lowest BCUT2D eigenvalue weighted by Crippen LogP contribution is -2.48. The van der Waals surface area contributed by atoms with E-state index in [1.807, 2.05) is 87.5 Å². The van der Waals surface area contributed by atoms with Crippen LogP contribution in [0.2, 0.25) is 0 Å². The zero-order chi connectivity index (χ0) is 49.9. The van der Waals surface area contributed by atoms with E-state index in [0.717, 1.165) is 40.6 Å². The van der Waals surface area contributed by atoms with Gasteiger partial charge < -0.3 is 37.3 Å². The van der Waals surface area contributed by atoms with Gasteiger partial charge in [0.2, 0.25) is 11.8 Å². The first-order valence-electron chi connectivity index (χ1n) is 24.1. The Morgan fingerprint density at radius 1 is 0.643 bits per heavy atom. The lowest BCUT2D eigenvalue weighted by atomic mass is 9.79. The van der Waals surface area contributed by atoms with Gasteiger partial charge in [0.05, 0.1) is 0 Å². The van der Waals surface area contributed by atoms with Crippen LogP contribution in [0, 0.1) is 0 Å². The number of anilines is 2. The van der Waals surface area contributed by atoms with Crippen molar-refractivity contribution >= 4 is 67.5 Å². The lowest BCUT2D eigenvalue weighted by Gasteiger charge is -2.47. The van der Waals surface area contributed by atoms with Gasteiger partial charge in [-0.1, -0.05) is 38.1 Å². The number of para-hydroxylation sites is 4. The van der Waals surface area contributed by atoms with Crippen LogP contribution in [0.5, 0.6) is 0 Å². The number of benzene rings is 4. The number of esters is 1. The molecule has 10 rings (SSSR count). The summed E-state index contributed by atoms with van der Waals surface area (Å²) in [4.78, 5) is 62.7. The third-order valence-electron chi connectivity index (χ3n) is 13.5. The smallest absolute Gasteiger partial charge is 0.349 e. The minimum absolute atomic E-state index is 0.119. The molecule has 14 nitrogen and oxygen atoms in total. The molecular weight excluding hydrogens is 889 g/mol. The number of fused-ring (bicyclic) bond motifs is 6. The maximum absolute atomic E-state index is 13.0. The summed E-state index contributed by atoms with van der Waals surface area (Å²) in [5, 5.41) is 10.7. The largest absolute Gasteiger partial charge is 0.481 e. The molecule has 0 aliphatic carbocycles. The van der Waals surface area contributed by atoms with E-state index in [0.29, 0.717) is 88.7 Å². The highest BCUT2D eigenvalue weighted by molar-refractivity contribution is 5.88. The first kappa shape index (κ1) is 47.8. The van der Waals surface area contributed by atoms with Crippen molar-refractivity contribution in [3.63, 3.8) is 0 Å². The van der Waals surface area contributed by atoms with Gasteiger partial charge in [-0.3, -0.25) is 9.59 Å². The fraction of sp³-hybridized carbons (Fsp3) is 0.393. The Morgan fingerprint density at radius 3 is 1.49 bits per heavy atom. The fourth-order valence-corrected chi connectivity index (χ4v) is 10.5. The molecule has 0 fully saturated rings. The highest BCUT2D eigenvalue weighted by atomic mass is 16.6. The van der Waals surface area contributed by atoms with Crippen molar-refractivity contribution in [2.24, 2.45) is 0 Å². The number of carbonyl (C=O) groups excluding carboxylic acids is 1. The fourth-order valence-electron chi connectivity index (χ4n) is 10.5. The second kappa shape index (κ2) is 18.3. The van der Waals surface area contributed by atoms with E-state index in [4.69, 9.17) is 27.5 Å². The summed E-state index contributed by atoms with van der Waals surface area (Å²) in [6.45, 7) is 20.2. The molecule has 0 saturated heterocycles. The van der Waals surface area contributed by atoms with E-state index in [2.05, 4.69) is 73.4 Å². The van der Waals surface area contributed by atoms with E-state index >= 15 is 0 Å². The summed E-state index contributed by atoms with van der Waals surface area (Å²) in [5.74, 6) is 0.134. The Morgan fingerprint density at radius 2 is 1.07 bits per heavy atom. The molecule has 6 heterocycles. The van der Waals surface area contributed by atoms with Crippen molar-refractivity contribution in [1.29, 1.82) is 0 Å². The number of carboxylic acid groups (broad SMARTS) is 1. The van der Waals surface area contributed by atoms with Gasteiger partial charge in [0.25, 0.3) is 0 Å². The molecule has 0 bridgehead atoms. The highest BCUT2D eigenvalue weighted by Crippen LogP contribution is 2.47. The third kappa shape index (κ3) is 9.68. The summed E-state index contributed by atoms with van der Waals surface area (Å²) in [5.41, 5.74) is 6.88. The molecule has 2 unspecified atom stereocenters. The Labute approximate surface area is 405 Å². The summed E-state index contributed by atoms with van der Waals surface area (Å²) < 4.78 is 28.6. The van der Waals surface area contributed by atoms with Gasteiger partial charge in [-0.05, 0) is 146 Å². The average Bonchev–Trinajstić information content (AvgIpc) is 3.91. The van der Waals surface area contributed by atoms with Crippen molar-refractivity contribution in [3.8, 4) is 22.9 Å². The molecule has 2 aliphatic rings. The zero-order valence-corrected chi connectivity index (χ0v) is 41.3. The Balaban J connectivity index is 0.000000175. The predicted octanol–water partition coefficient (Wildman–Crippen LogP) is 12.4. The maximum Gasteiger partial charge on any atom is 0.349 e. The van der Waals surface area contributed by atoms with Crippen molar-refractivity contribution < 1.29 is 37.1 Å². The number of hydrogen-bond acceptors (Lipinski definition) is 13. The van der Waals surface area contributed by atoms with E-state index in [-0.39, 0.29) is 35.2 Å². The van der Waals surface area contributed by atoms with Gasteiger partial charge in [-0.15, -0.1) is 0 Å². The van der Waals surface area contributed by atoms with Gasteiger partial charge >= 0.3 is 23.2 Å².